The molecule has 0 fully saturated rings. The molecule has 110 valence electrons. The van der Waals surface area contributed by atoms with E-state index in [4.69, 9.17) is 5.11 Å². The van der Waals surface area contributed by atoms with E-state index in [1.165, 1.54) is 25.3 Å². The lowest BCUT2D eigenvalue weighted by atomic mass is 10.1. The maximum Gasteiger partial charge on any atom is 0.328 e. The average Bonchev–Trinajstić information content (AvgIpc) is 2.41. The van der Waals surface area contributed by atoms with Crippen molar-refractivity contribution in [1.82, 2.24) is 0 Å². The van der Waals surface area contributed by atoms with Gasteiger partial charge in [-0.3, -0.25) is 4.79 Å². The molecule has 0 saturated heterocycles. The Hall–Kier alpha value is -1.90. The zero-order chi connectivity index (χ0) is 15.1. The fourth-order valence-corrected chi connectivity index (χ4v) is 1.54. The largest absolute Gasteiger partial charge is 0.478 e. The van der Waals surface area contributed by atoms with Crippen molar-refractivity contribution < 1.29 is 14.7 Å². The summed E-state index contributed by atoms with van der Waals surface area (Å²) < 4.78 is 0. The second-order valence-corrected chi connectivity index (χ2v) is 4.46. The minimum absolute atomic E-state index is 0.154. The van der Waals surface area contributed by atoms with E-state index >= 15 is 0 Å². The highest BCUT2D eigenvalue weighted by atomic mass is 16.4. The van der Waals surface area contributed by atoms with Crippen LogP contribution in [0.5, 0.6) is 0 Å². The Morgan fingerprint density at radius 3 is 1.95 bits per heavy atom. The maximum absolute atomic E-state index is 11.5. The smallest absolute Gasteiger partial charge is 0.328 e. The van der Waals surface area contributed by atoms with Crippen molar-refractivity contribution in [2.24, 2.45) is 0 Å². The number of rotatable bonds is 11. The minimum Gasteiger partial charge on any atom is -0.478 e. The van der Waals surface area contributed by atoms with Crippen LogP contribution >= 0.6 is 0 Å². The number of hydrogen-bond acceptors (Lipinski definition) is 2. The van der Waals surface area contributed by atoms with E-state index in [0.717, 1.165) is 18.9 Å². The van der Waals surface area contributed by atoms with Crippen LogP contribution in [0.25, 0.3) is 0 Å². The van der Waals surface area contributed by atoms with Crippen molar-refractivity contribution in [1.29, 1.82) is 0 Å². The molecule has 0 aromatic rings. The molecular weight excluding hydrogens is 252 g/mol. The van der Waals surface area contributed by atoms with Crippen LogP contribution in [0.15, 0.2) is 48.6 Å². The third-order valence-electron chi connectivity index (χ3n) is 2.60. The predicted octanol–water partition coefficient (Wildman–Crippen LogP) is 4.23. The molecule has 3 heteroatoms. The Bertz CT molecular complexity index is 387. The van der Waals surface area contributed by atoms with Crippen LogP contribution in [0.3, 0.4) is 0 Å². The molecule has 0 amide bonds. The maximum atomic E-state index is 11.5. The third kappa shape index (κ3) is 14.2. The molecular formula is C17H24O3. The predicted molar refractivity (Wildman–Crippen MR) is 82.6 cm³/mol. The average molecular weight is 276 g/mol. The van der Waals surface area contributed by atoms with E-state index in [1.54, 1.807) is 36.5 Å². The van der Waals surface area contributed by atoms with Gasteiger partial charge >= 0.3 is 5.97 Å². The van der Waals surface area contributed by atoms with E-state index < -0.39 is 5.97 Å². The van der Waals surface area contributed by atoms with Gasteiger partial charge in [-0.2, -0.15) is 0 Å². The van der Waals surface area contributed by atoms with E-state index in [-0.39, 0.29) is 5.78 Å². The normalized spacial score (nSPS) is 12.2. The second kappa shape index (κ2) is 13.5. The molecule has 3 nitrogen and oxygen atoms in total. The van der Waals surface area contributed by atoms with Crippen LogP contribution < -0.4 is 0 Å². The minimum atomic E-state index is -0.969. The second-order valence-electron chi connectivity index (χ2n) is 4.46. The van der Waals surface area contributed by atoms with Gasteiger partial charge in [-0.05, 0) is 12.5 Å². The number of allylic oxidation sites excluding steroid dienone is 7. The van der Waals surface area contributed by atoms with Gasteiger partial charge in [-0.15, -0.1) is 0 Å². The van der Waals surface area contributed by atoms with Gasteiger partial charge in [0.2, 0.25) is 0 Å². The van der Waals surface area contributed by atoms with Crippen LogP contribution in [-0.2, 0) is 9.59 Å². The fraction of sp³-hybridized carbons (Fsp3) is 0.412. The number of unbranched alkanes of at least 4 members (excludes halogenated alkanes) is 4. The van der Waals surface area contributed by atoms with E-state index in [1.807, 2.05) is 0 Å². The Labute approximate surface area is 121 Å². The molecule has 0 atom stereocenters. The first-order valence-corrected chi connectivity index (χ1v) is 7.10. The molecule has 1 N–H and O–H groups in total. The van der Waals surface area contributed by atoms with Crippen LogP contribution in [0.4, 0.5) is 0 Å². The van der Waals surface area contributed by atoms with Crippen LogP contribution in [0.2, 0.25) is 0 Å². The molecule has 0 aromatic carbocycles. The van der Waals surface area contributed by atoms with Crippen LogP contribution in [-0.4, -0.2) is 16.9 Å². The van der Waals surface area contributed by atoms with Gasteiger partial charge in [0, 0.05) is 12.5 Å². The van der Waals surface area contributed by atoms with Crippen molar-refractivity contribution in [3.63, 3.8) is 0 Å². The Balaban J connectivity index is 3.72. The quantitative estimate of drug-likeness (QED) is 0.349. The molecule has 0 aliphatic heterocycles. The van der Waals surface area contributed by atoms with Crippen LogP contribution in [0, 0.1) is 0 Å². The number of hydrogen-bond donors (Lipinski definition) is 1. The van der Waals surface area contributed by atoms with Crippen molar-refractivity contribution >= 4 is 11.8 Å². The number of carboxylic acid groups (broad SMARTS) is 1. The number of carbonyl (C=O) groups is 2. The molecule has 0 aliphatic carbocycles. The summed E-state index contributed by atoms with van der Waals surface area (Å²) in [5.41, 5.74) is 0. The summed E-state index contributed by atoms with van der Waals surface area (Å²) in [7, 11) is 0. The molecule has 0 unspecified atom stereocenters. The molecule has 0 radical (unpaired) electrons. The van der Waals surface area contributed by atoms with Crippen LogP contribution in [0.1, 0.15) is 45.4 Å². The molecule has 0 heterocycles. The summed E-state index contributed by atoms with van der Waals surface area (Å²) >= 11 is 0. The van der Waals surface area contributed by atoms with E-state index in [9.17, 15) is 9.59 Å². The molecule has 0 spiro atoms. The van der Waals surface area contributed by atoms with Gasteiger partial charge in [0.25, 0.3) is 0 Å². The lowest BCUT2D eigenvalue weighted by Crippen LogP contribution is -1.91. The first-order valence-electron chi connectivity index (χ1n) is 7.10. The summed E-state index contributed by atoms with van der Waals surface area (Å²) in [6.07, 6.45) is 19.0. The number of ketones is 1. The Kier molecular flexibility index (Phi) is 12.2. The van der Waals surface area contributed by atoms with Gasteiger partial charge in [-0.25, -0.2) is 4.79 Å². The summed E-state index contributed by atoms with van der Waals surface area (Å²) in [5.74, 6) is -0.816. The van der Waals surface area contributed by atoms with Gasteiger partial charge in [0.15, 0.2) is 5.78 Å². The number of carbonyl (C=O) groups excluding carboxylic acids is 1. The zero-order valence-corrected chi connectivity index (χ0v) is 12.1. The SMILES string of the molecule is CCCCCCCC(=O)C=CC=CC=CC=CC(=O)O. The van der Waals surface area contributed by atoms with Crippen molar-refractivity contribution in [2.45, 2.75) is 45.4 Å². The first kappa shape index (κ1) is 18.1. The first-order chi connectivity index (χ1) is 9.66. The van der Waals surface area contributed by atoms with E-state index in [0.29, 0.717) is 6.42 Å². The summed E-state index contributed by atoms with van der Waals surface area (Å²) in [6, 6.07) is 0. The molecule has 0 saturated carbocycles. The topological polar surface area (TPSA) is 54.4 Å². The zero-order valence-electron chi connectivity index (χ0n) is 12.1. The monoisotopic (exact) mass is 276 g/mol. The number of carboxylic acids is 1. The van der Waals surface area contributed by atoms with Gasteiger partial charge in [0.1, 0.15) is 0 Å². The lowest BCUT2D eigenvalue weighted by molar-refractivity contribution is -0.131. The standard InChI is InChI=1S/C17H24O3/c1-2-3-4-7-10-13-16(18)14-11-8-5-6-9-12-15-17(19)20/h5-6,8-9,11-12,14-15H,2-4,7,10,13H2,1H3,(H,19,20). The molecule has 20 heavy (non-hydrogen) atoms. The third-order valence-corrected chi connectivity index (χ3v) is 2.60. The highest BCUT2D eigenvalue weighted by Crippen LogP contribution is 2.05. The lowest BCUT2D eigenvalue weighted by Gasteiger charge is -1.96. The summed E-state index contributed by atoms with van der Waals surface area (Å²) in [4.78, 5) is 21.6. The molecule has 0 rings (SSSR count). The molecule has 0 aromatic heterocycles. The van der Waals surface area contributed by atoms with Gasteiger partial charge in [0.05, 0.1) is 0 Å². The number of aliphatic carboxylic acids is 1. The fourth-order valence-electron chi connectivity index (χ4n) is 1.54. The summed E-state index contributed by atoms with van der Waals surface area (Å²) in [5, 5.41) is 8.35. The highest BCUT2D eigenvalue weighted by molar-refractivity contribution is 5.89. The Morgan fingerprint density at radius 2 is 1.35 bits per heavy atom. The summed E-state index contributed by atoms with van der Waals surface area (Å²) in [6.45, 7) is 2.17. The highest BCUT2D eigenvalue weighted by Gasteiger charge is 1.95. The molecule has 0 bridgehead atoms. The van der Waals surface area contributed by atoms with Gasteiger partial charge in [-0.1, -0.05) is 69.1 Å². The van der Waals surface area contributed by atoms with Crippen molar-refractivity contribution in [3.05, 3.63) is 48.6 Å². The van der Waals surface area contributed by atoms with E-state index in [2.05, 4.69) is 6.92 Å². The Morgan fingerprint density at radius 1 is 0.800 bits per heavy atom. The van der Waals surface area contributed by atoms with Gasteiger partial charge < -0.3 is 5.11 Å². The molecule has 0 aliphatic rings. The van der Waals surface area contributed by atoms with Crippen molar-refractivity contribution in [2.75, 3.05) is 0 Å². The van der Waals surface area contributed by atoms with Crippen molar-refractivity contribution in [3.8, 4) is 0 Å².